The second kappa shape index (κ2) is 6.53. The molecule has 0 heterocycles. The van der Waals surface area contributed by atoms with Crippen molar-refractivity contribution in [3.8, 4) is 0 Å². The van der Waals surface area contributed by atoms with Crippen molar-refractivity contribution in [2.45, 2.75) is 13.3 Å². The summed E-state index contributed by atoms with van der Waals surface area (Å²) in [6.07, 6.45) is 0.307. The Morgan fingerprint density at radius 2 is 1.50 bits per heavy atom. The number of carbonyl (C=O) groups is 3. The van der Waals surface area contributed by atoms with E-state index in [1.807, 2.05) is 0 Å². The molecule has 0 fully saturated rings. The molecule has 1 aromatic carbocycles. The van der Waals surface area contributed by atoms with Crippen molar-refractivity contribution >= 4 is 17.9 Å². The van der Waals surface area contributed by atoms with Gasteiger partial charge in [0.15, 0.2) is 0 Å². The first-order valence-electron chi connectivity index (χ1n) is 4.75. The van der Waals surface area contributed by atoms with Gasteiger partial charge < -0.3 is 16.7 Å². The molecule has 0 spiro atoms. The average Bonchev–Trinajstić information content (AvgIpc) is 2.26. The Labute approximate surface area is 126 Å². The SMILES string of the molecule is CCc1ccc(C(=O)O)c(C(=O)O)c1C(=O)O.[H-].[Na+]. The molecule has 18 heavy (non-hydrogen) atoms. The normalized spacial score (nSPS) is 9.39. The molecule has 0 amide bonds. The molecule has 0 unspecified atom stereocenters. The minimum atomic E-state index is -1.56. The molecule has 7 heteroatoms. The number of aryl methyl sites for hydroxylation is 1. The van der Waals surface area contributed by atoms with E-state index in [1.165, 1.54) is 6.07 Å². The van der Waals surface area contributed by atoms with E-state index in [-0.39, 0.29) is 31.0 Å². The van der Waals surface area contributed by atoms with Crippen molar-refractivity contribution in [2.24, 2.45) is 0 Å². The van der Waals surface area contributed by atoms with Gasteiger partial charge in [0.05, 0.1) is 16.7 Å². The summed E-state index contributed by atoms with van der Waals surface area (Å²) in [6, 6.07) is 2.43. The summed E-state index contributed by atoms with van der Waals surface area (Å²) in [6.45, 7) is 1.66. The Hall–Kier alpha value is -1.37. The molecular formula is C11H11NaO6. The van der Waals surface area contributed by atoms with Crippen LogP contribution in [0.3, 0.4) is 0 Å². The van der Waals surface area contributed by atoms with E-state index in [4.69, 9.17) is 15.3 Å². The van der Waals surface area contributed by atoms with E-state index >= 15 is 0 Å². The van der Waals surface area contributed by atoms with E-state index < -0.39 is 34.6 Å². The first-order chi connectivity index (χ1) is 7.90. The summed E-state index contributed by atoms with van der Waals surface area (Å²) in [5, 5.41) is 26.7. The Morgan fingerprint density at radius 3 is 1.83 bits per heavy atom. The first-order valence-corrected chi connectivity index (χ1v) is 4.75. The number of aromatic carboxylic acids is 3. The van der Waals surface area contributed by atoms with Crippen LogP contribution in [0.5, 0.6) is 0 Å². The summed E-state index contributed by atoms with van der Waals surface area (Å²) in [7, 11) is 0. The van der Waals surface area contributed by atoms with Gasteiger partial charge in [-0.3, -0.25) is 0 Å². The summed E-state index contributed by atoms with van der Waals surface area (Å²) >= 11 is 0. The Kier molecular flexibility index (Phi) is 6.04. The number of benzene rings is 1. The maximum atomic E-state index is 11.0. The van der Waals surface area contributed by atoms with Crippen LogP contribution in [0.25, 0.3) is 0 Å². The fourth-order valence-corrected chi connectivity index (χ4v) is 1.59. The second-order valence-corrected chi connectivity index (χ2v) is 3.29. The molecule has 0 radical (unpaired) electrons. The molecule has 0 saturated carbocycles. The third-order valence-corrected chi connectivity index (χ3v) is 2.33. The van der Waals surface area contributed by atoms with Crippen LogP contribution in [0, 0.1) is 0 Å². The maximum absolute atomic E-state index is 11.0. The maximum Gasteiger partial charge on any atom is 1.00 e. The third-order valence-electron chi connectivity index (χ3n) is 2.33. The predicted molar refractivity (Wildman–Crippen MR) is 57.8 cm³/mol. The molecule has 0 saturated heterocycles. The van der Waals surface area contributed by atoms with Crippen molar-refractivity contribution in [1.29, 1.82) is 0 Å². The molecule has 3 N–H and O–H groups in total. The van der Waals surface area contributed by atoms with Crippen LogP contribution in [-0.4, -0.2) is 33.2 Å². The fraction of sp³-hybridized carbons (Fsp3) is 0.182. The van der Waals surface area contributed by atoms with Crippen LogP contribution < -0.4 is 29.6 Å². The van der Waals surface area contributed by atoms with Gasteiger partial charge >= 0.3 is 47.5 Å². The van der Waals surface area contributed by atoms with E-state index in [0.717, 1.165) is 6.07 Å². The van der Waals surface area contributed by atoms with Gasteiger partial charge in [0.1, 0.15) is 0 Å². The summed E-state index contributed by atoms with van der Waals surface area (Å²) in [5.41, 5.74) is -1.36. The number of hydrogen-bond donors (Lipinski definition) is 3. The first kappa shape index (κ1) is 16.6. The van der Waals surface area contributed by atoms with Crippen LogP contribution in [0.2, 0.25) is 0 Å². The van der Waals surface area contributed by atoms with Gasteiger partial charge in [-0.2, -0.15) is 0 Å². The zero-order valence-corrected chi connectivity index (χ0v) is 11.9. The van der Waals surface area contributed by atoms with Crippen LogP contribution in [0.1, 0.15) is 45.0 Å². The average molecular weight is 262 g/mol. The van der Waals surface area contributed by atoms with Crippen molar-refractivity contribution in [3.63, 3.8) is 0 Å². The van der Waals surface area contributed by atoms with Crippen LogP contribution in [0.15, 0.2) is 12.1 Å². The van der Waals surface area contributed by atoms with Crippen LogP contribution in [0.4, 0.5) is 0 Å². The van der Waals surface area contributed by atoms with Gasteiger partial charge in [-0.1, -0.05) is 13.0 Å². The van der Waals surface area contributed by atoms with Gasteiger partial charge in [0, 0.05) is 0 Å². The van der Waals surface area contributed by atoms with Crippen molar-refractivity contribution in [3.05, 3.63) is 34.4 Å². The second-order valence-electron chi connectivity index (χ2n) is 3.29. The Morgan fingerprint density at radius 1 is 1.00 bits per heavy atom. The molecular weight excluding hydrogens is 251 g/mol. The quantitative estimate of drug-likeness (QED) is 0.567. The Balaban J connectivity index is 0. The Bertz CT molecular complexity index is 514. The standard InChI is InChI=1S/C11H10O6.Na.H/c1-2-5-3-4-6(9(12)13)8(11(16)17)7(5)10(14)15;;/h3-4H,2H2,1H3,(H,12,13)(H,14,15)(H,16,17);;/q;+1;-1. The van der Waals surface area contributed by atoms with Gasteiger partial charge in [-0.15, -0.1) is 0 Å². The largest absolute Gasteiger partial charge is 1.00 e. The van der Waals surface area contributed by atoms with E-state index in [2.05, 4.69) is 0 Å². The summed E-state index contributed by atoms with van der Waals surface area (Å²) in [4.78, 5) is 32.9. The van der Waals surface area contributed by atoms with E-state index in [1.54, 1.807) is 6.92 Å². The van der Waals surface area contributed by atoms with Crippen molar-refractivity contribution < 1.29 is 60.7 Å². The summed E-state index contributed by atoms with van der Waals surface area (Å²) in [5.74, 6) is -4.47. The third kappa shape index (κ3) is 3.10. The number of rotatable bonds is 4. The predicted octanol–water partition coefficient (Wildman–Crippen LogP) is -1.54. The minimum Gasteiger partial charge on any atom is -1.00 e. The van der Waals surface area contributed by atoms with Gasteiger partial charge in [-0.05, 0) is 18.1 Å². The fourth-order valence-electron chi connectivity index (χ4n) is 1.59. The molecule has 92 valence electrons. The number of carboxylic acid groups (broad SMARTS) is 3. The van der Waals surface area contributed by atoms with Gasteiger partial charge in [-0.25, -0.2) is 14.4 Å². The van der Waals surface area contributed by atoms with Gasteiger partial charge in [0.2, 0.25) is 0 Å². The molecule has 0 aromatic heterocycles. The molecule has 0 aliphatic rings. The minimum absolute atomic E-state index is 0. The topological polar surface area (TPSA) is 112 Å². The zero-order valence-electron chi connectivity index (χ0n) is 10.9. The van der Waals surface area contributed by atoms with E-state index in [9.17, 15) is 14.4 Å². The van der Waals surface area contributed by atoms with Crippen molar-refractivity contribution in [2.75, 3.05) is 0 Å². The summed E-state index contributed by atoms with van der Waals surface area (Å²) < 4.78 is 0. The number of hydrogen-bond acceptors (Lipinski definition) is 3. The smallest absolute Gasteiger partial charge is 1.00 e. The van der Waals surface area contributed by atoms with Gasteiger partial charge in [0.25, 0.3) is 0 Å². The van der Waals surface area contributed by atoms with Crippen molar-refractivity contribution in [1.82, 2.24) is 0 Å². The van der Waals surface area contributed by atoms with Crippen LogP contribution >= 0.6 is 0 Å². The molecule has 0 atom stereocenters. The molecule has 0 aliphatic carbocycles. The molecule has 6 nitrogen and oxygen atoms in total. The number of carboxylic acids is 3. The molecule has 0 aliphatic heterocycles. The monoisotopic (exact) mass is 262 g/mol. The molecule has 1 rings (SSSR count). The zero-order chi connectivity index (χ0) is 13.2. The van der Waals surface area contributed by atoms with Crippen LogP contribution in [-0.2, 0) is 6.42 Å². The molecule has 1 aromatic rings. The molecule has 0 bridgehead atoms. The van der Waals surface area contributed by atoms with E-state index in [0.29, 0.717) is 12.0 Å².